The second-order valence-corrected chi connectivity index (χ2v) is 8.99. The van der Waals surface area contributed by atoms with Gasteiger partial charge in [-0.1, -0.05) is 18.2 Å². The summed E-state index contributed by atoms with van der Waals surface area (Å²) in [4.78, 5) is 36.7. The third-order valence-corrected chi connectivity index (χ3v) is 6.59. The Labute approximate surface area is 204 Å². The van der Waals surface area contributed by atoms with Crippen molar-refractivity contribution < 1.29 is 27.9 Å². The van der Waals surface area contributed by atoms with E-state index < -0.39 is 29.1 Å². The quantitative estimate of drug-likeness (QED) is 0.306. The Morgan fingerprint density at radius 1 is 1.08 bits per heavy atom. The van der Waals surface area contributed by atoms with Crippen molar-refractivity contribution in [2.75, 3.05) is 18.0 Å². The van der Waals surface area contributed by atoms with Gasteiger partial charge in [0.25, 0.3) is 0 Å². The van der Waals surface area contributed by atoms with Gasteiger partial charge in [0.2, 0.25) is 0 Å². The molecule has 0 saturated carbocycles. The number of benzene rings is 2. The number of fused-ring (bicyclic) bond motifs is 1. The molecule has 0 amide bonds. The minimum Gasteiger partial charge on any atom is -0.481 e. The topological polar surface area (TPSA) is 102 Å². The fourth-order valence-electron chi connectivity index (χ4n) is 4.71. The molecule has 1 aliphatic heterocycles. The highest BCUT2D eigenvalue weighted by molar-refractivity contribution is 6.10. The van der Waals surface area contributed by atoms with Gasteiger partial charge in [-0.15, -0.1) is 0 Å². The predicted molar refractivity (Wildman–Crippen MR) is 128 cm³/mol. The number of rotatable bonds is 6. The number of aromatic amines is 2. The normalized spacial score (nSPS) is 14.9. The molecule has 2 aromatic heterocycles. The summed E-state index contributed by atoms with van der Waals surface area (Å²) in [5.74, 6) is -0.840. The van der Waals surface area contributed by atoms with E-state index in [0.29, 0.717) is 17.0 Å². The molecule has 4 aromatic rings. The largest absolute Gasteiger partial charge is 0.481 e. The van der Waals surface area contributed by atoms with E-state index in [9.17, 15) is 22.8 Å². The average molecular weight is 496 g/mol. The molecule has 3 heterocycles. The van der Waals surface area contributed by atoms with Gasteiger partial charge in [-0.25, -0.2) is 4.98 Å². The van der Waals surface area contributed by atoms with Crippen molar-refractivity contribution in [1.29, 1.82) is 0 Å². The van der Waals surface area contributed by atoms with Gasteiger partial charge < -0.3 is 20.0 Å². The third-order valence-electron chi connectivity index (χ3n) is 6.59. The standard InChI is InChI=1S/C26H23F3N4O3/c27-26(28,29)19-4-2-1-3-18(19)24(36)16-12-22(30-14-16)25-31-20-6-5-17(13-21(20)32-25)33-9-7-15(8-10-33)11-23(34)35/h1-6,12-15,30H,7-11H2,(H,31,32)(H,34,35). The molecule has 1 fully saturated rings. The van der Waals surface area contributed by atoms with Gasteiger partial charge >= 0.3 is 12.1 Å². The first kappa shape index (κ1) is 23.7. The molecule has 0 radical (unpaired) electrons. The monoisotopic (exact) mass is 496 g/mol. The lowest BCUT2D eigenvalue weighted by atomic mass is 9.93. The molecule has 0 bridgehead atoms. The minimum atomic E-state index is -4.63. The molecule has 0 atom stereocenters. The van der Waals surface area contributed by atoms with Crippen molar-refractivity contribution >= 4 is 28.5 Å². The van der Waals surface area contributed by atoms with Crippen molar-refractivity contribution in [3.63, 3.8) is 0 Å². The van der Waals surface area contributed by atoms with E-state index in [2.05, 4.69) is 19.9 Å². The molecule has 1 saturated heterocycles. The maximum Gasteiger partial charge on any atom is 0.417 e. The van der Waals surface area contributed by atoms with Crippen molar-refractivity contribution in [1.82, 2.24) is 15.0 Å². The number of hydrogen-bond acceptors (Lipinski definition) is 4. The van der Waals surface area contributed by atoms with E-state index in [1.165, 1.54) is 30.5 Å². The highest BCUT2D eigenvalue weighted by Gasteiger charge is 2.35. The van der Waals surface area contributed by atoms with E-state index in [1.807, 2.05) is 18.2 Å². The number of anilines is 1. The number of aliphatic carboxylic acids is 1. The number of carbonyl (C=O) groups is 2. The van der Waals surface area contributed by atoms with Gasteiger partial charge in [0, 0.05) is 42.5 Å². The fraction of sp³-hybridized carbons (Fsp3) is 0.269. The van der Waals surface area contributed by atoms with Gasteiger partial charge in [0.15, 0.2) is 11.6 Å². The van der Waals surface area contributed by atoms with E-state index >= 15 is 0 Å². The summed E-state index contributed by atoms with van der Waals surface area (Å²) in [5, 5.41) is 9.01. The van der Waals surface area contributed by atoms with Crippen LogP contribution in [-0.2, 0) is 11.0 Å². The number of nitrogens with zero attached hydrogens (tertiary/aromatic N) is 2. The zero-order chi connectivity index (χ0) is 25.4. The van der Waals surface area contributed by atoms with Crippen molar-refractivity contribution in [3.05, 3.63) is 71.4 Å². The molecule has 0 aliphatic carbocycles. The van der Waals surface area contributed by atoms with Gasteiger partial charge in [-0.05, 0) is 49.1 Å². The molecule has 1 aliphatic rings. The van der Waals surface area contributed by atoms with Crippen LogP contribution in [0.25, 0.3) is 22.6 Å². The number of alkyl halides is 3. The molecular weight excluding hydrogens is 473 g/mol. The first-order chi connectivity index (χ1) is 17.2. The van der Waals surface area contributed by atoms with Gasteiger partial charge in [0.1, 0.15) is 0 Å². The number of halogens is 3. The number of carboxylic acid groups (broad SMARTS) is 1. The lowest BCUT2D eigenvalue weighted by molar-refractivity contribution is -0.139. The summed E-state index contributed by atoms with van der Waals surface area (Å²) >= 11 is 0. The second-order valence-electron chi connectivity index (χ2n) is 8.99. The molecule has 36 heavy (non-hydrogen) atoms. The van der Waals surface area contributed by atoms with Crippen LogP contribution in [0.2, 0.25) is 0 Å². The van der Waals surface area contributed by atoms with Crippen LogP contribution in [0.3, 0.4) is 0 Å². The number of imidazole rings is 1. The Kier molecular flexibility index (Phi) is 6.03. The number of H-pyrrole nitrogens is 2. The minimum absolute atomic E-state index is 0.104. The van der Waals surface area contributed by atoms with Crippen LogP contribution in [0.5, 0.6) is 0 Å². The Morgan fingerprint density at radius 3 is 2.56 bits per heavy atom. The van der Waals surface area contributed by atoms with Crippen molar-refractivity contribution in [2.45, 2.75) is 25.4 Å². The number of ketones is 1. The Balaban J connectivity index is 1.35. The average Bonchev–Trinajstić information content (AvgIpc) is 3.50. The number of aromatic nitrogens is 3. The summed E-state index contributed by atoms with van der Waals surface area (Å²) in [6, 6.07) is 12.0. The van der Waals surface area contributed by atoms with Gasteiger partial charge in [-0.3, -0.25) is 9.59 Å². The maximum atomic E-state index is 13.3. The van der Waals surface area contributed by atoms with Gasteiger partial charge in [0.05, 0.1) is 22.3 Å². The predicted octanol–water partition coefficient (Wildman–Crippen LogP) is 5.50. The zero-order valence-corrected chi connectivity index (χ0v) is 19.1. The van der Waals surface area contributed by atoms with Crippen LogP contribution in [0.4, 0.5) is 18.9 Å². The highest BCUT2D eigenvalue weighted by atomic mass is 19.4. The van der Waals surface area contributed by atoms with Crippen LogP contribution < -0.4 is 4.90 Å². The number of carboxylic acids is 1. The zero-order valence-electron chi connectivity index (χ0n) is 19.1. The lowest BCUT2D eigenvalue weighted by Gasteiger charge is -2.33. The van der Waals surface area contributed by atoms with Crippen molar-refractivity contribution in [3.8, 4) is 11.5 Å². The van der Waals surface area contributed by atoms with Gasteiger partial charge in [-0.2, -0.15) is 13.2 Å². The SMILES string of the molecule is O=C(O)CC1CCN(c2ccc3nc(-c4cc(C(=O)c5ccccc5C(F)(F)F)c[nH]4)[nH]c3c2)CC1. The van der Waals surface area contributed by atoms with Crippen LogP contribution in [0.15, 0.2) is 54.7 Å². The first-order valence-corrected chi connectivity index (χ1v) is 11.6. The van der Waals surface area contributed by atoms with Crippen LogP contribution >= 0.6 is 0 Å². The highest BCUT2D eigenvalue weighted by Crippen LogP contribution is 2.33. The van der Waals surface area contributed by atoms with Crippen molar-refractivity contribution in [2.24, 2.45) is 5.92 Å². The number of piperidine rings is 1. The molecule has 186 valence electrons. The number of hydrogen-bond donors (Lipinski definition) is 3. The second kappa shape index (κ2) is 9.18. The molecule has 0 spiro atoms. The molecule has 0 unspecified atom stereocenters. The Hall–Kier alpha value is -4.08. The van der Waals surface area contributed by atoms with E-state index in [0.717, 1.165) is 43.2 Å². The van der Waals surface area contributed by atoms with E-state index in [4.69, 9.17) is 5.11 Å². The fourth-order valence-corrected chi connectivity index (χ4v) is 4.71. The molecule has 3 N–H and O–H groups in total. The summed E-state index contributed by atoms with van der Waals surface area (Å²) in [5.41, 5.74) is 1.69. The van der Waals surface area contributed by atoms with Crippen LogP contribution in [0.1, 0.15) is 40.7 Å². The maximum absolute atomic E-state index is 13.3. The lowest BCUT2D eigenvalue weighted by Crippen LogP contribution is -2.34. The van der Waals surface area contributed by atoms with Crippen LogP contribution in [-0.4, -0.2) is 44.9 Å². The number of carbonyl (C=O) groups excluding carboxylic acids is 1. The Morgan fingerprint density at radius 2 is 1.83 bits per heavy atom. The summed E-state index contributed by atoms with van der Waals surface area (Å²) < 4.78 is 40.0. The number of nitrogens with one attached hydrogen (secondary N) is 2. The smallest absolute Gasteiger partial charge is 0.417 e. The molecule has 10 heteroatoms. The van der Waals surface area contributed by atoms with E-state index in [1.54, 1.807) is 0 Å². The summed E-state index contributed by atoms with van der Waals surface area (Å²) in [6.45, 7) is 1.54. The van der Waals surface area contributed by atoms with E-state index in [-0.39, 0.29) is 17.9 Å². The summed E-state index contributed by atoms with van der Waals surface area (Å²) in [7, 11) is 0. The molecule has 7 nitrogen and oxygen atoms in total. The summed E-state index contributed by atoms with van der Waals surface area (Å²) in [6.07, 6.45) is -1.43. The third kappa shape index (κ3) is 4.71. The molecule has 2 aromatic carbocycles. The molecule has 5 rings (SSSR count). The Bertz CT molecular complexity index is 1430. The van der Waals surface area contributed by atoms with Crippen LogP contribution in [0, 0.1) is 5.92 Å². The first-order valence-electron chi connectivity index (χ1n) is 11.6. The molecular formula is C26H23F3N4O3.